The summed E-state index contributed by atoms with van der Waals surface area (Å²) in [5.41, 5.74) is 1.23. The van der Waals surface area contributed by atoms with Crippen molar-refractivity contribution < 1.29 is 19.1 Å². The number of amides is 2. The molecule has 2 aliphatic heterocycles. The van der Waals surface area contributed by atoms with Crippen LogP contribution in [0.3, 0.4) is 0 Å². The van der Waals surface area contributed by atoms with E-state index in [1.807, 2.05) is 12.1 Å². The van der Waals surface area contributed by atoms with Crippen molar-refractivity contribution in [2.45, 2.75) is 0 Å². The molecule has 7 heteroatoms. The molecule has 134 valence electrons. The molecule has 1 saturated heterocycles. The van der Waals surface area contributed by atoms with Gasteiger partial charge >= 0.3 is 0 Å². The van der Waals surface area contributed by atoms with Crippen molar-refractivity contribution in [3.63, 3.8) is 0 Å². The van der Waals surface area contributed by atoms with Crippen LogP contribution in [0.2, 0.25) is 0 Å². The molecule has 6 nitrogen and oxygen atoms in total. The van der Waals surface area contributed by atoms with Crippen molar-refractivity contribution in [2.24, 2.45) is 0 Å². The minimum atomic E-state index is -0.0564. The molecule has 0 atom stereocenters. The molecule has 26 heavy (non-hydrogen) atoms. The maximum Gasteiger partial charge on any atom is 0.254 e. The Balaban J connectivity index is 1.39. The zero-order valence-electron chi connectivity index (χ0n) is 14.0. The van der Waals surface area contributed by atoms with Crippen molar-refractivity contribution in [1.29, 1.82) is 0 Å². The molecule has 0 N–H and O–H groups in total. The lowest BCUT2D eigenvalue weighted by Crippen LogP contribution is -2.50. The minimum Gasteiger partial charge on any atom is -0.454 e. The molecular formula is C19H17BrN2O4. The molecular weight excluding hydrogens is 400 g/mol. The number of carbonyl (C=O) groups is 2. The van der Waals surface area contributed by atoms with Crippen LogP contribution < -0.4 is 9.47 Å². The lowest BCUT2D eigenvalue weighted by Gasteiger charge is -2.35. The summed E-state index contributed by atoms with van der Waals surface area (Å²) in [5.74, 6) is 1.19. The first-order chi connectivity index (χ1) is 12.6. The van der Waals surface area contributed by atoms with Crippen LogP contribution in [0.1, 0.15) is 20.7 Å². The Morgan fingerprint density at radius 1 is 0.769 bits per heavy atom. The van der Waals surface area contributed by atoms with Gasteiger partial charge in [-0.1, -0.05) is 15.9 Å². The Hall–Kier alpha value is -2.54. The van der Waals surface area contributed by atoms with E-state index in [0.717, 1.165) is 4.47 Å². The fourth-order valence-electron chi connectivity index (χ4n) is 3.10. The number of piperazine rings is 1. The molecule has 2 aromatic rings. The quantitative estimate of drug-likeness (QED) is 0.754. The first-order valence-corrected chi connectivity index (χ1v) is 9.15. The Morgan fingerprint density at radius 2 is 1.31 bits per heavy atom. The van der Waals surface area contributed by atoms with Crippen LogP contribution in [-0.4, -0.2) is 54.6 Å². The summed E-state index contributed by atoms with van der Waals surface area (Å²) in [5, 5.41) is 0. The van der Waals surface area contributed by atoms with Crippen molar-refractivity contribution in [3.8, 4) is 11.5 Å². The van der Waals surface area contributed by atoms with E-state index in [-0.39, 0.29) is 18.6 Å². The van der Waals surface area contributed by atoms with Crippen LogP contribution in [-0.2, 0) is 0 Å². The van der Waals surface area contributed by atoms with Gasteiger partial charge in [0, 0.05) is 41.8 Å². The number of hydrogen-bond acceptors (Lipinski definition) is 4. The first-order valence-electron chi connectivity index (χ1n) is 8.35. The highest BCUT2D eigenvalue weighted by Gasteiger charge is 2.26. The molecule has 0 bridgehead atoms. The van der Waals surface area contributed by atoms with Crippen LogP contribution in [0.25, 0.3) is 0 Å². The Labute approximate surface area is 159 Å². The average molecular weight is 417 g/mol. The van der Waals surface area contributed by atoms with Gasteiger partial charge in [-0.3, -0.25) is 9.59 Å². The van der Waals surface area contributed by atoms with E-state index in [0.29, 0.717) is 48.8 Å². The third-order valence-electron chi connectivity index (χ3n) is 4.56. The maximum atomic E-state index is 12.7. The van der Waals surface area contributed by atoms with Gasteiger partial charge in [0.1, 0.15) is 0 Å². The summed E-state index contributed by atoms with van der Waals surface area (Å²) >= 11 is 3.37. The van der Waals surface area contributed by atoms with Crippen LogP contribution >= 0.6 is 15.9 Å². The largest absolute Gasteiger partial charge is 0.454 e. The van der Waals surface area contributed by atoms with Crippen molar-refractivity contribution >= 4 is 27.7 Å². The predicted octanol–water partition coefficient (Wildman–Crippen LogP) is 2.78. The summed E-state index contributed by atoms with van der Waals surface area (Å²) in [6, 6.07) is 12.5. The second-order valence-corrected chi connectivity index (χ2v) is 7.08. The van der Waals surface area contributed by atoms with Crippen LogP contribution in [0.5, 0.6) is 11.5 Å². The average Bonchev–Trinajstić information content (AvgIpc) is 3.15. The van der Waals surface area contributed by atoms with Gasteiger partial charge in [-0.2, -0.15) is 0 Å². The number of benzene rings is 2. The Morgan fingerprint density at radius 3 is 1.96 bits per heavy atom. The van der Waals surface area contributed by atoms with E-state index >= 15 is 0 Å². The molecule has 0 aliphatic carbocycles. The van der Waals surface area contributed by atoms with Crippen LogP contribution in [0.4, 0.5) is 0 Å². The van der Waals surface area contributed by atoms with Gasteiger partial charge < -0.3 is 19.3 Å². The Bertz CT molecular complexity index is 845. The summed E-state index contributed by atoms with van der Waals surface area (Å²) in [6.07, 6.45) is 0. The maximum absolute atomic E-state index is 12.7. The second kappa shape index (κ2) is 6.99. The molecule has 2 amide bonds. The number of rotatable bonds is 2. The predicted molar refractivity (Wildman–Crippen MR) is 98.5 cm³/mol. The number of ether oxygens (including phenoxy) is 2. The topological polar surface area (TPSA) is 59.1 Å². The molecule has 1 fully saturated rings. The molecule has 0 spiro atoms. The molecule has 0 radical (unpaired) electrons. The van der Waals surface area contributed by atoms with Gasteiger partial charge in [0.15, 0.2) is 11.5 Å². The molecule has 2 heterocycles. The summed E-state index contributed by atoms with van der Waals surface area (Å²) in [7, 11) is 0. The highest BCUT2D eigenvalue weighted by molar-refractivity contribution is 9.10. The molecule has 0 unspecified atom stereocenters. The SMILES string of the molecule is O=C(c1ccc(Br)cc1)N1CCN(C(=O)c2ccc3c(c2)OCO3)CC1. The first kappa shape index (κ1) is 16.9. The fourth-order valence-corrected chi connectivity index (χ4v) is 3.36. The number of nitrogens with zero attached hydrogens (tertiary/aromatic N) is 2. The zero-order chi connectivity index (χ0) is 18.1. The monoisotopic (exact) mass is 416 g/mol. The van der Waals surface area contributed by atoms with E-state index in [2.05, 4.69) is 15.9 Å². The van der Waals surface area contributed by atoms with Crippen LogP contribution in [0, 0.1) is 0 Å². The lowest BCUT2D eigenvalue weighted by molar-refractivity contribution is 0.0535. The second-order valence-electron chi connectivity index (χ2n) is 6.16. The minimum absolute atomic E-state index is 0.00678. The number of hydrogen-bond donors (Lipinski definition) is 0. The van der Waals surface area contributed by atoms with E-state index in [1.54, 1.807) is 40.1 Å². The van der Waals surface area contributed by atoms with Gasteiger partial charge in [-0.05, 0) is 42.5 Å². The van der Waals surface area contributed by atoms with E-state index < -0.39 is 0 Å². The van der Waals surface area contributed by atoms with Crippen molar-refractivity contribution in [2.75, 3.05) is 33.0 Å². The number of fused-ring (bicyclic) bond motifs is 1. The van der Waals surface area contributed by atoms with E-state index in [4.69, 9.17) is 9.47 Å². The third-order valence-corrected chi connectivity index (χ3v) is 5.09. The molecule has 2 aliphatic rings. The summed E-state index contributed by atoms with van der Waals surface area (Å²) < 4.78 is 11.5. The van der Waals surface area contributed by atoms with Gasteiger partial charge in [0.25, 0.3) is 11.8 Å². The summed E-state index contributed by atoms with van der Waals surface area (Å²) in [4.78, 5) is 28.8. The summed E-state index contributed by atoms with van der Waals surface area (Å²) in [6.45, 7) is 2.24. The van der Waals surface area contributed by atoms with Crippen molar-refractivity contribution in [3.05, 3.63) is 58.1 Å². The zero-order valence-corrected chi connectivity index (χ0v) is 15.6. The van der Waals surface area contributed by atoms with Gasteiger partial charge in [0.2, 0.25) is 6.79 Å². The molecule has 2 aromatic carbocycles. The standard InChI is InChI=1S/C19H17BrN2O4/c20-15-4-1-13(2-5-15)18(23)21-7-9-22(10-8-21)19(24)14-3-6-16-17(11-14)26-12-25-16/h1-6,11H,7-10,12H2. The smallest absolute Gasteiger partial charge is 0.254 e. The molecule has 4 rings (SSSR count). The molecule has 0 saturated carbocycles. The van der Waals surface area contributed by atoms with Gasteiger partial charge in [-0.15, -0.1) is 0 Å². The van der Waals surface area contributed by atoms with Gasteiger partial charge in [0.05, 0.1) is 0 Å². The van der Waals surface area contributed by atoms with E-state index in [9.17, 15) is 9.59 Å². The van der Waals surface area contributed by atoms with Gasteiger partial charge in [-0.25, -0.2) is 0 Å². The lowest BCUT2D eigenvalue weighted by atomic mass is 10.1. The normalized spacial score (nSPS) is 15.9. The molecule has 0 aromatic heterocycles. The van der Waals surface area contributed by atoms with Crippen molar-refractivity contribution in [1.82, 2.24) is 9.80 Å². The number of carbonyl (C=O) groups excluding carboxylic acids is 2. The number of halogens is 1. The highest BCUT2D eigenvalue weighted by atomic mass is 79.9. The Kier molecular flexibility index (Phi) is 4.55. The fraction of sp³-hybridized carbons (Fsp3) is 0.263. The van der Waals surface area contributed by atoms with Crippen LogP contribution in [0.15, 0.2) is 46.9 Å². The van der Waals surface area contributed by atoms with E-state index in [1.165, 1.54) is 0 Å². The highest BCUT2D eigenvalue weighted by Crippen LogP contribution is 2.32. The third kappa shape index (κ3) is 3.26.